The minimum absolute atomic E-state index is 0.208. The van der Waals surface area contributed by atoms with Crippen LogP contribution in [0.25, 0.3) is 0 Å². The number of anilines is 1. The monoisotopic (exact) mass is 290 g/mol. The normalized spacial score (nSPS) is 15.0. The van der Waals surface area contributed by atoms with Crippen molar-refractivity contribution in [1.29, 1.82) is 0 Å². The van der Waals surface area contributed by atoms with E-state index in [4.69, 9.17) is 0 Å². The average molecular weight is 290 g/mol. The van der Waals surface area contributed by atoms with Crippen molar-refractivity contribution < 1.29 is 14.7 Å². The fraction of sp³-hybridized carbons (Fsp3) is 0.500. The summed E-state index contributed by atoms with van der Waals surface area (Å²) in [5.74, 6) is -1.10. The van der Waals surface area contributed by atoms with Crippen molar-refractivity contribution >= 4 is 17.6 Å². The number of aryl methyl sites for hydroxylation is 1. The highest BCUT2D eigenvalue weighted by Crippen LogP contribution is 2.23. The molecule has 5 nitrogen and oxygen atoms in total. The molecule has 2 rings (SSSR count). The third-order valence-corrected chi connectivity index (χ3v) is 3.62. The predicted octanol–water partition coefficient (Wildman–Crippen LogP) is 2.27. The zero-order chi connectivity index (χ0) is 15.4. The van der Waals surface area contributed by atoms with E-state index in [1.807, 2.05) is 26.0 Å². The molecule has 1 heterocycles. The van der Waals surface area contributed by atoms with E-state index in [1.54, 1.807) is 6.07 Å². The molecule has 0 radical (unpaired) electrons. The van der Waals surface area contributed by atoms with Gasteiger partial charge in [0.25, 0.3) is 5.91 Å². The average Bonchev–Trinajstić information content (AvgIpc) is 2.45. The first-order chi connectivity index (χ1) is 9.97. The summed E-state index contributed by atoms with van der Waals surface area (Å²) in [7, 11) is 0. The lowest BCUT2D eigenvalue weighted by atomic mass is 9.99. The number of aliphatic carboxylic acids is 1. The number of rotatable bonds is 5. The summed E-state index contributed by atoms with van der Waals surface area (Å²) in [4.78, 5) is 23.4. The van der Waals surface area contributed by atoms with Gasteiger partial charge in [0.15, 0.2) is 0 Å². The van der Waals surface area contributed by atoms with Crippen LogP contribution in [0.5, 0.6) is 0 Å². The molecule has 0 saturated carbocycles. The maximum absolute atomic E-state index is 12.2. The van der Waals surface area contributed by atoms with E-state index in [1.165, 1.54) is 0 Å². The molecule has 0 bridgehead atoms. The predicted molar refractivity (Wildman–Crippen MR) is 81.6 cm³/mol. The lowest BCUT2D eigenvalue weighted by Gasteiger charge is -2.20. The van der Waals surface area contributed by atoms with Crippen LogP contribution in [0.3, 0.4) is 0 Å². The number of benzene rings is 1. The van der Waals surface area contributed by atoms with Gasteiger partial charge in [-0.25, -0.2) is 4.79 Å². The van der Waals surface area contributed by atoms with Crippen LogP contribution in [0, 0.1) is 5.92 Å². The Morgan fingerprint density at radius 1 is 1.38 bits per heavy atom. The third kappa shape index (κ3) is 3.97. The molecular formula is C16H22N2O3. The Bertz CT molecular complexity index is 540. The molecule has 1 aromatic rings. The first-order valence-corrected chi connectivity index (χ1v) is 7.38. The smallest absolute Gasteiger partial charge is 0.326 e. The van der Waals surface area contributed by atoms with Crippen molar-refractivity contribution in [3.8, 4) is 0 Å². The molecule has 1 atom stereocenters. The number of nitrogens with one attached hydrogen (secondary N) is 2. The summed E-state index contributed by atoms with van der Waals surface area (Å²) in [5.41, 5.74) is 2.70. The lowest BCUT2D eigenvalue weighted by molar-refractivity contribution is -0.139. The van der Waals surface area contributed by atoms with E-state index < -0.39 is 12.0 Å². The molecule has 1 aliphatic heterocycles. The molecule has 114 valence electrons. The molecule has 3 N–H and O–H groups in total. The molecule has 0 unspecified atom stereocenters. The Hall–Kier alpha value is -2.04. The Morgan fingerprint density at radius 2 is 2.14 bits per heavy atom. The van der Waals surface area contributed by atoms with Crippen molar-refractivity contribution in [3.05, 3.63) is 29.3 Å². The van der Waals surface area contributed by atoms with Crippen molar-refractivity contribution in [2.45, 2.75) is 39.2 Å². The van der Waals surface area contributed by atoms with Gasteiger partial charge in [0.1, 0.15) is 6.04 Å². The number of carboxylic acid groups (broad SMARTS) is 1. The topological polar surface area (TPSA) is 78.4 Å². The lowest BCUT2D eigenvalue weighted by Crippen LogP contribution is -2.41. The van der Waals surface area contributed by atoms with E-state index in [-0.39, 0.29) is 11.8 Å². The maximum atomic E-state index is 12.2. The summed E-state index contributed by atoms with van der Waals surface area (Å²) in [6.45, 7) is 4.83. The molecule has 0 fully saturated rings. The van der Waals surface area contributed by atoms with E-state index in [0.29, 0.717) is 12.0 Å². The van der Waals surface area contributed by atoms with Gasteiger partial charge in [-0.15, -0.1) is 0 Å². The standard InChI is InChI=1S/C16H22N2O3/c1-10(2)8-14(16(20)21)18-15(19)12-5-6-13-11(9-12)4-3-7-17-13/h5-6,9-10,14,17H,3-4,7-8H2,1-2H3,(H,18,19)(H,20,21)/t14-/m1/s1. The second kappa shape index (κ2) is 6.61. The van der Waals surface area contributed by atoms with Gasteiger partial charge in [-0.2, -0.15) is 0 Å². The van der Waals surface area contributed by atoms with Crippen molar-refractivity contribution in [3.63, 3.8) is 0 Å². The van der Waals surface area contributed by atoms with Gasteiger partial charge in [0.2, 0.25) is 0 Å². The fourth-order valence-corrected chi connectivity index (χ4v) is 2.55. The first-order valence-electron chi connectivity index (χ1n) is 7.38. The highest BCUT2D eigenvalue weighted by Gasteiger charge is 2.22. The number of carbonyl (C=O) groups is 2. The number of hydrogen-bond donors (Lipinski definition) is 3. The summed E-state index contributed by atoms with van der Waals surface area (Å²) in [5, 5.41) is 15.1. The van der Waals surface area contributed by atoms with Crippen LogP contribution in [0.2, 0.25) is 0 Å². The second-order valence-electron chi connectivity index (χ2n) is 5.90. The molecule has 1 aromatic carbocycles. The molecule has 1 aliphatic rings. The van der Waals surface area contributed by atoms with Crippen molar-refractivity contribution in [1.82, 2.24) is 5.32 Å². The number of carbonyl (C=O) groups excluding carboxylic acids is 1. The first kappa shape index (κ1) is 15.4. The largest absolute Gasteiger partial charge is 0.480 e. The Kier molecular flexibility index (Phi) is 4.83. The van der Waals surface area contributed by atoms with Crippen molar-refractivity contribution in [2.75, 3.05) is 11.9 Å². The molecule has 0 aliphatic carbocycles. The number of carboxylic acids is 1. The van der Waals surface area contributed by atoms with Crippen LogP contribution in [-0.2, 0) is 11.2 Å². The summed E-state index contributed by atoms with van der Waals surface area (Å²) in [6, 6.07) is 4.64. The minimum Gasteiger partial charge on any atom is -0.480 e. The van der Waals surface area contributed by atoms with Crippen LogP contribution < -0.4 is 10.6 Å². The Morgan fingerprint density at radius 3 is 2.81 bits per heavy atom. The molecule has 21 heavy (non-hydrogen) atoms. The molecule has 0 aromatic heterocycles. The van der Waals surface area contributed by atoms with Gasteiger partial charge in [-0.3, -0.25) is 4.79 Å². The van der Waals surface area contributed by atoms with Crippen LogP contribution in [0.4, 0.5) is 5.69 Å². The highest BCUT2D eigenvalue weighted by molar-refractivity contribution is 5.97. The molecular weight excluding hydrogens is 268 g/mol. The third-order valence-electron chi connectivity index (χ3n) is 3.62. The van der Waals surface area contributed by atoms with Crippen LogP contribution in [-0.4, -0.2) is 29.6 Å². The van der Waals surface area contributed by atoms with Crippen LogP contribution in [0.15, 0.2) is 18.2 Å². The van der Waals surface area contributed by atoms with E-state index >= 15 is 0 Å². The number of hydrogen-bond acceptors (Lipinski definition) is 3. The van der Waals surface area contributed by atoms with Gasteiger partial charge < -0.3 is 15.7 Å². The van der Waals surface area contributed by atoms with Gasteiger partial charge in [-0.05, 0) is 48.9 Å². The maximum Gasteiger partial charge on any atom is 0.326 e. The summed E-state index contributed by atoms with van der Waals surface area (Å²) in [6.07, 6.45) is 2.41. The number of fused-ring (bicyclic) bond motifs is 1. The zero-order valence-corrected chi connectivity index (χ0v) is 12.5. The van der Waals surface area contributed by atoms with Crippen molar-refractivity contribution in [2.24, 2.45) is 5.92 Å². The SMILES string of the molecule is CC(C)C[C@@H](NC(=O)c1ccc2c(c1)CCCN2)C(=O)O. The Labute approximate surface area is 124 Å². The summed E-state index contributed by atoms with van der Waals surface area (Å²) >= 11 is 0. The number of amides is 1. The fourth-order valence-electron chi connectivity index (χ4n) is 2.55. The molecule has 0 saturated heterocycles. The van der Waals surface area contributed by atoms with Gasteiger partial charge in [-0.1, -0.05) is 13.8 Å². The molecule has 1 amide bonds. The van der Waals surface area contributed by atoms with Gasteiger partial charge in [0.05, 0.1) is 0 Å². The summed E-state index contributed by atoms with van der Waals surface area (Å²) < 4.78 is 0. The van der Waals surface area contributed by atoms with E-state index in [9.17, 15) is 14.7 Å². The quantitative estimate of drug-likeness (QED) is 0.777. The molecule has 0 spiro atoms. The minimum atomic E-state index is -0.989. The van der Waals surface area contributed by atoms with Gasteiger partial charge in [0, 0.05) is 17.8 Å². The van der Waals surface area contributed by atoms with E-state index in [0.717, 1.165) is 30.6 Å². The highest BCUT2D eigenvalue weighted by atomic mass is 16.4. The van der Waals surface area contributed by atoms with Crippen LogP contribution >= 0.6 is 0 Å². The van der Waals surface area contributed by atoms with Gasteiger partial charge >= 0.3 is 5.97 Å². The zero-order valence-electron chi connectivity index (χ0n) is 12.5. The Balaban J connectivity index is 2.10. The second-order valence-corrected chi connectivity index (χ2v) is 5.90. The van der Waals surface area contributed by atoms with E-state index in [2.05, 4.69) is 10.6 Å². The molecule has 5 heteroatoms. The van der Waals surface area contributed by atoms with Crippen LogP contribution in [0.1, 0.15) is 42.6 Å².